The molecule has 8 heteroatoms. The molecule has 17 heavy (non-hydrogen) atoms. The number of aryl methyl sites for hydroxylation is 3. The highest BCUT2D eigenvalue weighted by molar-refractivity contribution is 7.92. The van der Waals surface area contributed by atoms with E-state index in [0.717, 1.165) is 0 Å². The van der Waals surface area contributed by atoms with Crippen LogP contribution in [0.15, 0.2) is 17.2 Å². The van der Waals surface area contributed by atoms with Crippen LogP contribution in [0.2, 0.25) is 0 Å². The maximum absolute atomic E-state index is 12.1. The van der Waals surface area contributed by atoms with Crippen LogP contribution in [0.1, 0.15) is 11.4 Å². The molecule has 2 aromatic heterocycles. The van der Waals surface area contributed by atoms with Gasteiger partial charge in [0.05, 0.1) is 11.4 Å². The molecule has 0 bridgehead atoms. The largest absolute Gasteiger partial charge is 0.281 e. The number of hydrogen-bond acceptors (Lipinski definition) is 4. The van der Waals surface area contributed by atoms with Gasteiger partial charge in [-0.2, -0.15) is 10.2 Å². The molecule has 0 aliphatic carbocycles. The van der Waals surface area contributed by atoms with E-state index in [1.807, 2.05) is 0 Å². The Morgan fingerprint density at radius 3 is 2.59 bits per heavy atom. The molecule has 0 saturated heterocycles. The maximum Gasteiger partial charge on any atom is 0.266 e. The molecule has 0 saturated carbocycles. The molecule has 0 fully saturated rings. The first kappa shape index (κ1) is 11.6. The summed E-state index contributed by atoms with van der Waals surface area (Å²) < 4.78 is 28.1. The van der Waals surface area contributed by atoms with Gasteiger partial charge < -0.3 is 0 Å². The molecule has 2 rings (SSSR count). The summed E-state index contributed by atoms with van der Waals surface area (Å²) in [4.78, 5) is 0.170. The monoisotopic (exact) mass is 255 g/mol. The highest BCUT2D eigenvalue weighted by Crippen LogP contribution is 2.19. The van der Waals surface area contributed by atoms with E-state index in [4.69, 9.17) is 0 Å². The van der Waals surface area contributed by atoms with Crippen molar-refractivity contribution in [1.82, 2.24) is 20.0 Å². The van der Waals surface area contributed by atoms with Crippen molar-refractivity contribution in [3.63, 3.8) is 0 Å². The Labute approximate surface area is 98.9 Å². The number of anilines is 1. The smallest absolute Gasteiger partial charge is 0.266 e. The summed E-state index contributed by atoms with van der Waals surface area (Å²) in [6.07, 6.45) is 1.66. The highest BCUT2D eigenvalue weighted by Gasteiger charge is 2.22. The van der Waals surface area contributed by atoms with E-state index in [9.17, 15) is 8.42 Å². The summed E-state index contributed by atoms with van der Waals surface area (Å²) in [7, 11) is -1.92. The third kappa shape index (κ3) is 2.16. The lowest BCUT2D eigenvalue weighted by Crippen LogP contribution is -2.15. The topological polar surface area (TPSA) is 92.7 Å². The Morgan fingerprint density at radius 1 is 1.41 bits per heavy atom. The number of nitrogens with zero attached hydrogens (tertiary/aromatic N) is 3. The average molecular weight is 255 g/mol. The number of aromatic amines is 1. The number of hydrogen-bond donors (Lipinski definition) is 2. The van der Waals surface area contributed by atoms with E-state index in [0.29, 0.717) is 11.4 Å². The van der Waals surface area contributed by atoms with Crippen LogP contribution < -0.4 is 4.72 Å². The summed E-state index contributed by atoms with van der Waals surface area (Å²) >= 11 is 0. The van der Waals surface area contributed by atoms with E-state index in [1.54, 1.807) is 33.2 Å². The van der Waals surface area contributed by atoms with Gasteiger partial charge in [0, 0.05) is 19.3 Å². The van der Waals surface area contributed by atoms with Crippen molar-refractivity contribution < 1.29 is 8.42 Å². The fraction of sp³-hybridized carbons (Fsp3) is 0.333. The molecule has 7 nitrogen and oxygen atoms in total. The van der Waals surface area contributed by atoms with Gasteiger partial charge in [-0.3, -0.25) is 14.5 Å². The molecule has 92 valence electrons. The van der Waals surface area contributed by atoms with Crippen molar-refractivity contribution in [2.24, 2.45) is 7.05 Å². The SMILES string of the molecule is Cc1n[nH]c(C)c1S(=O)(=O)Nc1ccn(C)n1. The molecular formula is C9H13N5O2S. The Kier molecular flexibility index (Phi) is 2.66. The zero-order valence-electron chi connectivity index (χ0n) is 9.72. The van der Waals surface area contributed by atoms with Gasteiger partial charge in [0.15, 0.2) is 5.82 Å². The fourth-order valence-electron chi connectivity index (χ4n) is 1.59. The second-order valence-electron chi connectivity index (χ2n) is 3.74. The first-order chi connectivity index (χ1) is 7.90. The lowest BCUT2D eigenvalue weighted by molar-refractivity contribution is 0.599. The number of sulfonamides is 1. The Hall–Kier alpha value is -1.83. The summed E-state index contributed by atoms with van der Waals surface area (Å²) in [5.74, 6) is 0.285. The van der Waals surface area contributed by atoms with Crippen LogP contribution in [0.5, 0.6) is 0 Å². The zero-order valence-corrected chi connectivity index (χ0v) is 10.5. The quantitative estimate of drug-likeness (QED) is 0.838. The Balaban J connectivity index is 2.38. The van der Waals surface area contributed by atoms with Crippen molar-refractivity contribution in [1.29, 1.82) is 0 Å². The Morgan fingerprint density at radius 2 is 2.12 bits per heavy atom. The first-order valence-electron chi connectivity index (χ1n) is 4.94. The minimum absolute atomic E-state index is 0.170. The molecule has 0 atom stereocenters. The van der Waals surface area contributed by atoms with Crippen molar-refractivity contribution in [3.05, 3.63) is 23.7 Å². The maximum atomic E-state index is 12.1. The molecule has 2 aromatic rings. The van der Waals surface area contributed by atoms with Crippen molar-refractivity contribution in [2.45, 2.75) is 18.7 Å². The van der Waals surface area contributed by atoms with Crippen LogP contribution >= 0.6 is 0 Å². The lowest BCUT2D eigenvalue weighted by atomic mass is 10.4. The molecule has 0 unspecified atom stereocenters. The van der Waals surface area contributed by atoms with Gasteiger partial charge in [0.25, 0.3) is 10.0 Å². The van der Waals surface area contributed by atoms with Crippen LogP contribution in [0.3, 0.4) is 0 Å². The van der Waals surface area contributed by atoms with E-state index in [1.165, 1.54) is 4.68 Å². The standard InChI is InChI=1S/C9H13N5O2S/c1-6-9(7(2)11-10-6)17(15,16)13-8-4-5-14(3)12-8/h4-5H,1-3H3,(H,10,11)(H,12,13). The fourth-order valence-corrected chi connectivity index (χ4v) is 2.96. The summed E-state index contributed by atoms with van der Waals surface area (Å²) in [6.45, 7) is 3.30. The number of aromatic nitrogens is 4. The van der Waals surface area contributed by atoms with Gasteiger partial charge >= 0.3 is 0 Å². The van der Waals surface area contributed by atoms with E-state index in [-0.39, 0.29) is 10.7 Å². The number of rotatable bonds is 3. The third-order valence-electron chi connectivity index (χ3n) is 2.28. The molecular weight excluding hydrogens is 242 g/mol. The molecule has 0 aromatic carbocycles. The van der Waals surface area contributed by atoms with Crippen LogP contribution in [0.4, 0.5) is 5.82 Å². The van der Waals surface area contributed by atoms with Gasteiger partial charge in [-0.25, -0.2) is 8.42 Å². The molecule has 0 radical (unpaired) electrons. The average Bonchev–Trinajstić information content (AvgIpc) is 2.73. The summed E-state index contributed by atoms with van der Waals surface area (Å²) in [6, 6.07) is 1.59. The third-order valence-corrected chi connectivity index (χ3v) is 3.90. The molecule has 2 heterocycles. The lowest BCUT2D eigenvalue weighted by Gasteiger charge is -2.04. The second-order valence-corrected chi connectivity index (χ2v) is 5.36. The van der Waals surface area contributed by atoms with Crippen LogP contribution in [-0.4, -0.2) is 28.4 Å². The molecule has 0 amide bonds. The zero-order chi connectivity index (χ0) is 12.6. The van der Waals surface area contributed by atoms with Crippen LogP contribution in [0, 0.1) is 13.8 Å². The highest BCUT2D eigenvalue weighted by atomic mass is 32.2. The van der Waals surface area contributed by atoms with Gasteiger partial charge in [-0.05, 0) is 13.8 Å². The van der Waals surface area contributed by atoms with Crippen molar-refractivity contribution in [2.75, 3.05) is 4.72 Å². The second kappa shape index (κ2) is 3.88. The number of H-pyrrole nitrogens is 1. The van der Waals surface area contributed by atoms with Crippen molar-refractivity contribution >= 4 is 15.8 Å². The van der Waals surface area contributed by atoms with E-state index in [2.05, 4.69) is 20.0 Å². The van der Waals surface area contributed by atoms with Crippen LogP contribution in [-0.2, 0) is 17.1 Å². The van der Waals surface area contributed by atoms with Gasteiger partial charge in [0.2, 0.25) is 0 Å². The summed E-state index contributed by atoms with van der Waals surface area (Å²) in [5.41, 5.74) is 0.942. The minimum atomic E-state index is -3.64. The molecule has 0 aliphatic heterocycles. The number of nitrogens with one attached hydrogen (secondary N) is 2. The minimum Gasteiger partial charge on any atom is -0.281 e. The van der Waals surface area contributed by atoms with Gasteiger partial charge in [-0.1, -0.05) is 0 Å². The van der Waals surface area contributed by atoms with E-state index < -0.39 is 10.0 Å². The van der Waals surface area contributed by atoms with Gasteiger partial charge in [-0.15, -0.1) is 0 Å². The normalized spacial score (nSPS) is 11.7. The predicted molar refractivity (Wildman–Crippen MR) is 62.1 cm³/mol. The van der Waals surface area contributed by atoms with Gasteiger partial charge in [0.1, 0.15) is 4.90 Å². The first-order valence-corrected chi connectivity index (χ1v) is 6.42. The molecule has 2 N–H and O–H groups in total. The molecule has 0 aliphatic rings. The predicted octanol–water partition coefficient (Wildman–Crippen LogP) is 0.561. The summed E-state index contributed by atoms with van der Waals surface area (Å²) in [5, 5.41) is 10.5. The van der Waals surface area contributed by atoms with Crippen LogP contribution in [0.25, 0.3) is 0 Å². The molecule has 0 spiro atoms. The van der Waals surface area contributed by atoms with E-state index >= 15 is 0 Å². The Bertz CT molecular complexity index is 621. The van der Waals surface area contributed by atoms with Crippen molar-refractivity contribution in [3.8, 4) is 0 Å².